The van der Waals surface area contributed by atoms with Gasteiger partial charge in [0.1, 0.15) is 23.0 Å². The van der Waals surface area contributed by atoms with Gasteiger partial charge in [-0.15, -0.1) is 0 Å². The summed E-state index contributed by atoms with van der Waals surface area (Å²) in [6.07, 6.45) is 0. The van der Waals surface area contributed by atoms with Crippen molar-refractivity contribution in [3.05, 3.63) is 78.4 Å². The van der Waals surface area contributed by atoms with Crippen molar-refractivity contribution in [2.24, 2.45) is 0 Å². The highest BCUT2D eigenvalue weighted by atomic mass is 19.3. The number of halogens is 2. The van der Waals surface area contributed by atoms with Gasteiger partial charge in [0.2, 0.25) is 0 Å². The van der Waals surface area contributed by atoms with Crippen molar-refractivity contribution in [1.29, 1.82) is 0 Å². The summed E-state index contributed by atoms with van der Waals surface area (Å²) in [6.45, 7) is -0.388. The van der Waals surface area contributed by atoms with Crippen molar-refractivity contribution in [3.63, 3.8) is 0 Å². The third kappa shape index (κ3) is 5.93. The molecule has 0 aliphatic carbocycles. The number of benzene rings is 3. The van der Waals surface area contributed by atoms with Gasteiger partial charge in [-0.2, -0.15) is 8.78 Å². The normalized spacial score (nSPS) is 10.5. The molecule has 0 aliphatic rings. The molecule has 0 atom stereocenters. The third-order valence-electron chi connectivity index (χ3n) is 3.82. The van der Waals surface area contributed by atoms with E-state index in [4.69, 9.17) is 9.47 Å². The molecule has 7 heteroatoms. The summed E-state index contributed by atoms with van der Waals surface area (Å²) >= 11 is 0. The first-order valence-electron chi connectivity index (χ1n) is 8.90. The molecule has 3 aromatic rings. The van der Waals surface area contributed by atoms with Crippen molar-refractivity contribution in [3.8, 4) is 23.0 Å². The summed E-state index contributed by atoms with van der Waals surface area (Å²) < 4.78 is 39.7. The van der Waals surface area contributed by atoms with Crippen molar-refractivity contribution in [2.75, 3.05) is 11.9 Å². The molecule has 150 valence electrons. The van der Waals surface area contributed by atoms with E-state index in [1.54, 1.807) is 24.3 Å². The van der Waals surface area contributed by atoms with Crippen LogP contribution in [-0.4, -0.2) is 19.1 Å². The van der Waals surface area contributed by atoms with E-state index in [0.717, 1.165) is 5.75 Å². The molecule has 0 aliphatic heterocycles. The van der Waals surface area contributed by atoms with Crippen LogP contribution in [0.4, 0.5) is 14.5 Å². The number of ether oxygens (including phenoxy) is 3. The Bertz CT molecular complexity index is 927. The summed E-state index contributed by atoms with van der Waals surface area (Å²) in [7, 11) is 0. The van der Waals surface area contributed by atoms with Gasteiger partial charge >= 0.3 is 6.61 Å². The lowest BCUT2D eigenvalue weighted by atomic mass is 10.2. The fourth-order valence-electron chi connectivity index (χ4n) is 2.50. The SMILES string of the molecule is CCOc1ccc(Oc2ccc(NC(=O)c3ccc(OC(F)F)cc3)cc2)cc1. The van der Waals surface area contributed by atoms with Gasteiger partial charge in [-0.1, -0.05) is 0 Å². The molecule has 3 aromatic carbocycles. The molecular weight excluding hydrogens is 380 g/mol. The second-order valence-corrected chi connectivity index (χ2v) is 5.89. The summed E-state index contributed by atoms with van der Waals surface area (Å²) in [6, 6.07) is 19.6. The van der Waals surface area contributed by atoms with Crippen LogP contribution in [0.15, 0.2) is 72.8 Å². The van der Waals surface area contributed by atoms with Crippen LogP contribution in [0.1, 0.15) is 17.3 Å². The van der Waals surface area contributed by atoms with E-state index in [1.165, 1.54) is 24.3 Å². The number of anilines is 1. The molecule has 0 unspecified atom stereocenters. The highest BCUT2D eigenvalue weighted by Crippen LogP contribution is 2.25. The molecular formula is C22H19F2NO4. The van der Waals surface area contributed by atoms with Gasteiger partial charge in [0.05, 0.1) is 6.61 Å². The van der Waals surface area contributed by atoms with Crippen molar-refractivity contribution >= 4 is 11.6 Å². The minimum Gasteiger partial charge on any atom is -0.494 e. The summed E-state index contributed by atoms with van der Waals surface area (Å²) in [5, 5.41) is 2.73. The lowest BCUT2D eigenvalue weighted by molar-refractivity contribution is -0.0498. The molecule has 5 nitrogen and oxygen atoms in total. The molecule has 1 amide bonds. The maximum Gasteiger partial charge on any atom is 0.387 e. The Labute approximate surface area is 166 Å². The zero-order valence-electron chi connectivity index (χ0n) is 15.6. The number of hydrogen-bond donors (Lipinski definition) is 1. The van der Waals surface area contributed by atoms with E-state index in [0.29, 0.717) is 29.4 Å². The quantitative estimate of drug-likeness (QED) is 0.525. The predicted molar refractivity (Wildman–Crippen MR) is 105 cm³/mol. The molecule has 0 aromatic heterocycles. The van der Waals surface area contributed by atoms with Crippen LogP contribution in [0.2, 0.25) is 0 Å². The summed E-state index contributed by atoms with van der Waals surface area (Å²) in [5.74, 6) is 1.67. The lowest BCUT2D eigenvalue weighted by Crippen LogP contribution is -2.11. The van der Waals surface area contributed by atoms with Gasteiger partial charge in [0.25, 0.3) is 5.91 Å². The second kappa shape index (κ2) is 9.54. The van der Waals surface area contributed by atoms with Crippen LogP contribution in [0, 0.1) is 0 Å². The average molecular weight is 399 g/mol. The van der Waals surface area contributed by atoms with Crippen molar-refractivity contribution in [1.82, 2.24) is 0 Å². The first-order chi connectivity index (χ1) is 14.0. The van der Waals surface area contributed by atoms with Crippen LogP contribution in [0.5, 0.6) is 23.0 Å². The maximum atomic E-state index is 12.3. The lowest BCUT2D eigenvalue weighted by Gasteiger charge is -2.09. The number of alkyl halides is 2. The van der Waals surface area contributed by atoms with Crippen LogP contribution >= 0.6 is 0 Å². The second-order valence-electron chi connectivity index (χ2n) is 5.89. The van der Waals surface area contributed by atoms with E-state index in [9.17, 15) is 13.6 Å². The van der Waals surface area contributed by atoms with Crippen LogP contribution < -0.4 is 19.5 Å². The topological polar surface area (TPSA) is 56.8 Å². The van der Waals surface area contributed by atoms with Gasteiger partial charge < -0.3 is 19.5 Å². The van der Waals surface area contributed by atoms with Crippen molar-refractivity contribution in [2.45, 2.75) is 13.5 Å². The first kappa shape index (κ1) is 20.1. The molecule has 1 N–H and O–H groups in total. The largest absolute Gasteiger partial charge is 0.494 e. The molecule has 0 bridgehead atoms. The number of hydrogen-bond acceptors (Lipinski definition) is 4. The van der Waals surface area contributed by atoms with Crippen LogP contribution in [0.25, 0.3) is 0 Å². The van der Waals surface area contributed by atoms with Gasteiger partial charge in [0.15, 0.2) is 0 Å². The van der Waals surface area contributed by atoms with Gasteiger partial charge in [-0.05, 0) is 79.7 Å². The van der Waals surface area contributed by atoms with E-state index in [1.807, 2.05) is 31.2 Å². The zero-order chi connectivity index (χ0) is 20.6. The predicted octanol–water partition coefficient (Wildman–Crippen LogP) is 5.73. The Morgan fingerprint density at radius 2 is 1.34 bits per heavy atom. The highest BCUT2D eigenvalue weighted by molar-refractivity contribution is 6.04. The molecule has 0 spiro atoms. The molecule has 0 heterocycles. The van der Waals surface area contributed by atoms with Crippen LogP contribution in [-0.2, 0) is 0 Å². The maximum absolute atomic E-state index is 12.3. The summed E-state index contributed by atoms with van der Waals surface area (Å²) in [4.78, 5) is 12.3. The minimum atomic E-state index is -2.90. The Morgan fingerprint density at radius 3 is 1.90 bits per heavy atom. The Balaban J connectivity index is 1.57. The molecule has 0 saturated heterocycles. The van der Waals surface area contributed by atoms with E-state index < -0.39 is 6.61 Å². The highest BCUT2D eigenvalue weighted by Gasteiger charge is 2.09. The Kier molecular flexibility index (Phi) is 6.63. The molecule has 29 heavy (non-hydrogen) atoms. The van der Waals surface area contributed by atoms with Gasteiger partial charge in [0, 0.05) is 11.3 Å². The van der Waals surface area contributed by atoms with Gasteiger partial charge in [-0.3, -0.25) is 4.79 Å². The average Bonchev–Trinajstić information content (AvgIpc) is 2.71. The number of carbonyl (C=O) groups excluding carboxylic acids is 1. The molecule has 0 fully saturated rings. The Hall–Kier alpha value is -3.61. The number of amides is 1. The van der Waals surface area contributed by atoms with Crippen molar-refractivity contribution < 1.29 is 27.8 Å². The minimum absolute atomic E-state index is 0.00709. The monoisotopic (exact) mass is 399 g/mol. The third-order valence-corrected chi connectivity index (χ3v) is 3.82. The molecule has 0 radical (unpaired) electrons. The molecule has 0 saturated carbocycles. The molecule has 3 rings (SSSR count). The smallest absolute Gasteiger partial charge is 0.387 e. The summed E-state index contributed by atoms with van der Waals surface area (Å²) in [5.41, 5.74) is 0.892. The first-order valence-corrected chi connectivity index (χ1v) is 8.90. The number of nitrogens with one attached hydrogen (secondary N) is 1. The standard InChI is InChI=1S/C22H19F2NO4/c1-2-27-17-11-13-19(14-12-17)28-18-9-5-16(6-10-18)25-21(26)15-3-7-20(8-4-15)29-22(23)24/h3-14,22H,2H2,1H3,(H,25,26). The fourth-order valence-corrected chi connectivity index (χ4v) is 2.50. The zero-order valence-corrected chi connectivity index (χ0v) is 15.6. The van der Waals surface area contributed by atoms with E-state index in [-0.39, 0.29) is 11.7 Å². The Morgan fingerprint density at radius 1 is 0.828 bits per heavy atom. The fraction of sp³-hybridized carbons (Fsp3) is 0.136. The number of rotatable bonds is 8. The van der Waals surface area contributed by atoms with E-state index >= 15 is 0 Å². The number of carbonyl (C=O) groups is 1. The van der Waals surface area contributed by atoms with Gasteiger partial charge in [-0.25, -0.2) is 0 Å². The van der Waals surface area contributed by atoms with Crippen LogP contribution in [0.3, 0.4) is 0 Å². The van der Waals surface area contributed by atoms with E-state index in [2.05, 4.69) is 10.1 Å².